The van der Waals surface area contributed by atoms with Crippen molar-refractivity contribution in [2.45, 2.75) is 12.6 Å². The molecule has 6 nitrogen and oxygen atoms in total. The Morgan fingerprint density at radius 2 is 1.74 bits per heavy atom. The van der Waals surface area contributed by atoms with Crippen LogP contribution in [0.15, 0.2) is 77.4 Å². The SMILES string of the molecule is O=C(NCc1ccnc(N2CCOCC2)c1)NC(c1ccccc1)c1ccc(Br)cc1. The van der Waals surface area contributed by atoms with E-state index in [2.05, 4.69) is 36.4 Å². The van der Waals surface area contributed by atoms with Gasteiger partial charge in [-0.15, -0.1) is 0 Å². The molecule has 1 atom stereocenters. The van der Waals surface area contributed by atoms with Crippen LogP contribution < -0.4 is 15.5 Å². The van der Waals surface area contributed by atoms with Crippen LogP contribution in [0.3, 0.4) is 0 Å². The van der Waals surface area contributed by atoms with Crippen molar-refractivity contribution in [3.63, 3.8) is 0 Å². The van der Waals surface area contributed by atoms with Gasteiger partial charge < -0.3 is 20.3 Å². The van der Waals surface area contributed by atoms with Crippen molar-refractivity contribution < 1.29 is 9.53 Å². The zero-order chi connectivity index (χ0) is 21.5. The molecule has 4 rings (SSSR count). The number of hydrogen-bond donors (Lipinski definition) is 2. The van der Waals surface area contributed by atoms with Gasteiger partial charge in [0, 0.05) is 30.3 Å². The standard InChI is InChI=1S/C24H25BrN4O2/c25-21-8-6-20(7-9-21)23(19-4-2-1-3-5-19)28-24(30)27-17-18-10-11-26-22(16-18)29-12-14-31-15-13-29/h1-11,16,23H,12-15,17H2,(H2,27,28,30). The third-order valence-corrected chi connectivity index (χ3v) is 5.74. The van der Waals surface area contributed by atoms with Gasteiger partial charge in [0.15, 0.2) is 0 Å². The van der Waals surface area contributed by atoms with E-state index in [-0.39, 0.29) is 12.1 Å². The van der Waals surface area contributed by atoms with Crippen LogP contribution in [0.5, 0.6) is 0 Å². The second-order valence-corrected chi connectivity index (χ2v) is 8.26. The van der Waals surface area contributed by atoms with Gasteiger partial charge in [0.25, 0.3) is 0 Å². The van der Waals surface area contributed by atoms with E-state index in [4.69, 9.17) is 4.74 Å². The highest BCUT2D eigenvalue weighted by Crippen LogP contribution is 2.23. The monoisotopic (exact) mass is 480 g/mol. The molecular formula is C24H25BrN4O2. The molecular weight excluding hydrogens is 456 g/mol. The lowest BCUT2D eigenvalue weighted by Crippen LogP contribution is -2.38. The van der Waals surface area contributed by atoms with Crippen molar-refractivity contribution in [2.75, 3.05) is 31.2 Å². The van der Waals surface area contributed by atoms with Crippen molar-refractivity contribution in [2.24, 2.45) is 0 Å². The number of carbonyl (C=O) groups excluding carboxylic acids is 1. The molecule has 1 fully saturated rings. The van der Waals surface area contributed by atoms with E-state index in [9.17, 15) is 4.79 Å². The van der Waals surface area contributed by atoms with Crippen molar-refractivity contribution in [3.8, 4) is 0 Å². The van der Waals surface area contributed by atoms with Crippen LogP contribution in [0, 0.1) is 0 Å². The molecule has 1 saturated heterocycles. The highest BCUT2D eigenvalue weighted by atomic mass is 79.9. The molecule has 2 aromatic carbocycles. The fraction of sp³-hybridized carbons (Fsp3) is 0.250. The quantitative estimate of drug-likeness (QED) is 0.552. The lowest BCUT2D eigenvalue weighted by Gasteiger charge is -2.28. The van der Waals surface area contributed by atoms with Crippen LogP contribution in [0.2, 0.25) is 0 Å². The predicted molar refractivity (Wildman–Crippen MR) is 125 cm³/mol. The van der Waals surface area contributed by atoms with Crippen molar-refractivity contribution >= 4 is 27.8 Å². The van der Waals surface area contributed by atoms with E-state index in [1.165, 1.54) is 0 Å². The van der Waals surface area contributed by atoms with Gasteiger partial charge in [-0.25, -0.2) is 9.78 Å². The van der Waals surface area contributed by atoms with E-state index in [0.29, 0.717) is 19.8 Å². The number of urea groups is 1. The minimum Gasteiger partial charge on any atom is -0.378 e. The van der Waals surface area contributed by atoms with Crippen LogP contribution >= 0.6 is 15.9 Å². The number of aromatic nitrogens is 1. The molecule has 0 spiro atoms. The van der Waals surface area contributed by atoms with Gasteiger partial charge >= 0.3 is 6.03 Å². The summed E-state index contributed by atoms with van der Waals surface area (Å²) in [5.41, 5.74) is 3.05. The van der Waals surface area contributed by atoms with E-state index >= 15 is 0 Å². The number of carbonyl (C=O) groups is 1. The lowest BCUT2D eigenvalue weighted by atomic mass is 9.99. The van der Waals surface area contributed by atoms with Gasteiger partial charge in [0.05, 0.1) is 19.3 Å². The maximum atomic E-state index is 12.8. The Morgan fingerprint density at radius 3 is 2.48 bits per heavy atom. The maximum absolute atomic E-state index is 12.8. The van der Waals surface area contributed by atoms with Gasteiger partial charge in [-0.1, -0.05) is 58.4 Å². The molecule has 0 aliphatic carbocycles. The number of morpholine rings is 1. The Morgan fingerprint density at radius 1 is 1.03 bits per heavy atom. The lowest BCUT2D eigenvalue weighted by molar-refractivity contribution is 0.122. The molecule has 31 heavy (non-hydrogen) atoms. The first-order valence-corrected chi connectivity index (χ1v) is 11.1. The van der Waals surface area contributed by atoms with Crippen LogP contribution in [-0.4, -0.2) is 37.3 Å². The molecule has 2 heterocycles. The molecule has 1 aliphatic rings. The summed E-state index contributed by atoms with van der Waals surface area (Å²) in [5, 5.41) is 6.09. The molecule has 2 amide bonds. The average molecular weight is 481 g/mol. The fourth-order valence-corrected chi connectivity index (χ4v) is 3.82. The Kier molecular flexibility index (Phi) is 7.17. The van der Waals surface area contributed by atoms with Crippen LogP contribution in [-0.2, 0) is 11.3 Å². The Balaban J connectivity index is 1.42. The number of ether oxygens (including phenoxy) is 1. The number of anilines is 1. The predicted octanol–water partition coefficient (Wildman–Crippen LogP) is 4.27. The summed E-state index contributed by atoms with van der Waals surface area (Å²) in [6, 6.07) is 21.4. The molecule has 0 saturated carbocycles. The normalized spacial score (nSPS) is 14.7. The van der Waals surface area contributed by atoms with Crippen molar-refractivity contribution in [1.82, 2.24) is 15.6 Å². The number of rotatable bonds is 6. The molecule has 1 aromatic heterocycles. The van der Waals surface area contributed by atoms with E-state index in [1.807, 2.05) is 66.7 Å². The molecule has 0 bridgehead atoms. The summed E-state index contributed by atoms with van der Waals surface area (Å²) in [6.45, 7) is 3.51. The first-order valence-electron chi connectivity index (χ1n) is 10.3. The molecule has 1 unspecified atom stereocenters. The number of halogens is 1. The summed E-state index contributed by atoms with van der Waals surface area (Å²) < 4.78 is 6.41. The van der Waals surface area contributed by atoms with Gasteiger partial charge in [0.1, 0.15) is 5.82 Å². The van der Waals surface area contributed by atoms with Gasteiger partial charge in [0.2, 0.25) is 0 Å². The van der Waals surface area contributed by atoms with Crippen LogP contribution in [0.4, 0.5) is 10.6 Å². The third-order valence-electron chi connectivity index (χ3n) is 5.21. The Bertz CT molecular complexity index is 992. The van der Waals surface area contributed by atoms with Gasteiger partial charge in [-0.05, 0) is 41.0 Å². The van der Waals surface area contributed by atoms with Crippen LogP contribution in [0.25, 0.3) is 0 Å². The Labute approximate surface area is 190 Å². The number of hydrogen-bond acceptors (Lipinski definition) is 4. The summed E-state index contributed by atoms with van der Waals surface area (Å²) in [4.78, 5) is 19.4. The van der Waals surface area contributed by atoms with Gasteiger partial charge in [-0.2, -0.15) is 0 Å². The summed E-state index contributed by atoms with van der Waals surface area (Å²) in [6.07, 6.45) is 1.79. The molecule has 2 N–H and O–H groups in total. The van der Waals surface area contributed by atoms with E-state index in [0.717, 1.165) is 40.1 Å². The van der Waals surface area contributed by atoms with E-state index in [1.54, 1.807) is 6.20 Å². The molecule has 160 valence electrons. The first kappa shape index (κ1) is 21.3. The highest BCUT2D eigenvalue weighted by Gasteiger charge is 2.17. The van der Waals surface area contributed by atoms with Crippen molar-refractivity contribution in [3.05, 3.63) is 94.1 Å². The number of amides is 2. The minimum atomic E-state index is -0.240. The number of benzene rings is 2. The second kappa shape index (κ2) is 10.4. The third kappa shape index (κ3) is 5.83. The summed E-state index contributed by atoms with van der Waals surface area (Å²) in [7, 11) is 0. The van der Waals surface area contributed by atoms with E-state index < -0.39 is 0 Å². The topological polar surface area (TPSA) is 66.5 Å². The molecule has 3 aromatic rings. The number of nitrogens with zero attached hydrogens (tertiary/aromatic N) is 2. The molecule has 1 aliphatic heterocycles. The first-order chi connectivity index (χ1) is 15.2. The zero-order valence-corrected chi connectivity index (χ0v) is 18.7. The van der Waals surface area contributed by atoms with Gasteiger partial charge in [-0.3, -0.25) is 0 Å². The Hall–Kier alpha value is -2.90. The average Bonchev–Trinajstić information content (AvgIpc) is 2.83. The van der Waals surface area contributed by atoms with Crippen LogP contribution in [0.1, 0.15) is 22.7 Å². The second-order valence-electron chi connectivity index (χ2n) is 7.34. The number of nitrogens with one attached hydrogen (secondary N) is 2. The largest absolute Gasteiger partial charge is 0.378 e. The zero-order valence-electron chi connectivity index (χ0n) is 17.1. The molecule has 0 radical (unpaired) electrons. The number of pyridine rings is 1. The summed E-state index contributed by atoms with van der Waals surface area (Å²) >= 11 is 3.47. The summed E-state index contributed by atoms with van der Waals surface area (Å²) in [5.74, 6) is 0.917. The highest BCUT2D eigenvalue weighted by molar-refractivity contribution is 9.10. The maximum Gasteiger partial charge on any atom is 0.315 e. The molecule has 7 heteroatoms. The smallest absolute Gasteiger partial charge is 0.315 e. The van der Waals surface area contributed by atoms with Crippen molar-refractivity contribution in [1.29, 1.82) is 0 Å². The minimum absolute atomic E-state index is 0.221. The fourth-order valence-electron chi connectivity index (χ4n) is 3.56.